The standard InChI is InChI=1S/C15H16BrFN2/c1-10(18)11-6-7-15(14(16)8-11)19(2)13-5-3-4-12(17)9-13/h3-10H,18H2,1-2H3/t10-/m1/s1. The topological polar surface area (TPSA) is 29.3 Å². The van der Waals surface area contributed by atoms with Crippen molar-refractivity contribution in [3.8, 4) is 0 Å². The van der Waals surface area contributed by atoms with Gasteiger partial charge >= 0.3 is 0 Å². The first kappa shape index (κ1) is 14.0. The van der Waals surface area contributed by atoms with Gasteiger partial charge < -0.3 is 10.6 Å². The Morgan fingerprint density at radius 3 is 2.53 bits per heavy atom. The fourth-order valence-electron chi connectivity index (χ4n) is 1.90. The number of nitrogens with two attached hydrogens (primary N) is 1. The lowest BCUT2D eigenvalue weighted by molar-refractivity contribution is 0.628. The summed E-state index contributed by atoms with van der Waals surface area (Å²) in [5.41, 5.74) is 8.68. The van der Waals surface area contributed by atoms with E-state index < -0.39 is 0 Å². The Kier molecular flexibility index (Phi) is 4.22. The summed E-state index contributed by atoms with van der Waals surface area (Å²) in [6.07, 6.45) is 0. The molecule has 2 N–H and O–H groups in total. The SMILES string of the molecule is C[C@@H](N)c1ccc(N(C)c2cccc(F)c2)c(Br)c1. The molecular weight excluding hydrogens is 307 g/mol. The van der Waals surface area contributed by atoms with E-state index in [0.29, 0.717) is 0 Å². The number of nitrogens with zero attached hydrogens (tertiary/aromatic N) is 1. The van der Waals surface area contributed by atoms with Gasteiger partial charge in [-0.15, -0.1) is 0 Å². The summed E-state index contributed by atoms with van der Waals surface area (Å²) in [4.78, 5) is 1.93. The van der Waals surface area contributed by atoms with Crippen LogP contribution in [0.15, 0.2) is 46.9 Å². The van der Waals surface area contributed by atoms with E-state index in [-0.39, 0.29) is 11.9 Å². The minimum atomic E-state index is -0.243. The summed E-state index contributed by atoms with van der Waals surface area (Å²) in [6.45, 7) is 1.94. The van der Waals surface area contributed by atoms with Crippen molar-refractivity contribution in [2.45, 2.75) is 13.0 Å². The predicted octanol–water partition coefficient (Wildman–Crippen LogP) is 4.38. The average molecular weight is 323 g/mol. The van der Waals surface area contributed by atoms with Crippen LogP contribution in [-0.2, 0) is 0 Å². The highest BCUT2D eigenvalue weighted by molar-refractivity contribution is 9.10. The molecule has 0 heterocycles. The van der Waals surface area contributed by atoms with Crippen molar-refractivity contribution < 1.29 is 4.39 Å². The summed E-state index contributed by atoms with van der Waals surface area (Å²) in [7, 11) is 1.90. The third-order valence-corrected chi connectivity index (χ3v) is 3.69. The molecular formula is C15H16BrFN2. The Hall–Kier alpha value is -1.39. The van der Waals surface area contributed by atoms with Crippen LogP contribution >= 0.6 is 15.9 Å². The fourth-order valence-corrected chi connectivity index (χ4v) is 2.56. The molecule has 2 aromatic carbocycles. The highest BCUT2D eigenvalue weighted by Crippen LogP contribution is 2.32. The number of hydrogen-bond acceptors (Lipinski definition) is 2. The molecule has 0 saturated heterocycles. The van der Waals surface area contributed by atoms with Crippen LogP contribution < -0.4 is 10.6 Å². The highest BCUT2D eigenvalue weighted by Gasteiger charge is 2.10. The van der Waals surface area contributed by atoms with Gasteiger partial charge in [0.2, 0.25) is 0 Å². The van der Waals surface area contributed by atoms with Gasteiger partial charge in [-0.3, -0.25) is 0 Å². The summed E-state index contributed by atoms with van der Waals surface area (Å²) in [5, 5.41) is 0. The maximum atomic E-state index is 13.3. The van der Waals surface area contributed by atoms with Crippen LogP contribution in [-0.4, -0.2) is 7.05 Å². The molecule has 0 aliphatic carbocycles. The Morgan fingerprint density at radius 2 is 1.95 bits per heavy atom. The van der Waals surface area contributed by atoms with E-state index in [9.17, 15) is 4.39 Å². The molecule has 0 unspecified atom stereocenters. The van der Waals surface area contributed by atoms with Crippen molar-refractivity contribution in [2.24, 2.45) is 5.73 Å². The molecule has 2 nitrogen and oxygen atoms in total. The largest absolute Gasteiger partial charge is 0.344 e. The quantitative estimate of drug-likeness (QED) is 0.908. The normalized spacial score (nSPS) is 12.3. The van der Waals surface area contributed by atoms with Gasteiger partial charge in [-0.05, 0) is 58.7 Å². The molecule has 0 bridgehead atoms. The third kappa shape index (κ3) is 3.14. The predicted molar refractivity (Wildman–Crippen MR) is 81.2 cm³/mol. The van der Waals surface area contributed by atoms with Crippen LogP contribution in [0, 0.1) is 5.82 Å². The zero-order valence-corrected chi connectivity index (χ0v) is 12.5. The minimum Gasteiger partial charge on any atom is -0.344 e. The van der Waals surface area contributed by atoms with Gasteiger partial charge in [-0.25, -0.2) is 4.39 Å². The molecule has 0 aromatic heterocycles. The highest BCUT2D eigenvalue weighted by atomic mass is 79.9. The molecule has 1 atom stereocenters. The Morgan fingerprint density at radius 1 is 1.21 bits per heavy atom. The van der Waals surface area contributed by atoms with Gasteiger partial charge in [0.05, 0.1) is 5.69 Å². The Balaban J connectivity index is 2.36. The minimum absolute atomic E-state index is 0.00942. The van der Waals surface area contributed by atoms with Crippen LogP contribution in [0.1, 0.15) is 18.5 Å². The van der Waals surface area contributed by atoms with E-state index in [4.69, 9.17) is 5.73 Å². The van der Waals surface area contributed by atoms with Crippen LogP contribution in [0.3, 0.4) is 0 Å². The maximum Gasteiger partial charge on any atom is 0.125 e. The number of halogens is 2. The molecule has 0 radical (unpaired) electrons. The summed E-state index contributed by atoms with van der Waals surface area (Å²) in [6, 6.07) is 12.5. The Labute approximate surface area is 121 Å². The van der Waals surface area contributed by atoms with E-state index in [1.165, 1.54) is 12.1 Å². The van der Waals surface area contributed by atoms with Crippen molar-refractivity contribution in [3.05, 3.63) is 58.3 Å². The molecule has 0 saturated carbocycles. The average Bonchev–Trinajstić information content (AvgIpc) is 2.37. The van der Waals surface area contributed by atoms with E-state index in [1.54, 1.807) is 6.07 Å². The van der Waals surface area contributed by atoms with Gasteiger partial charge in [0.25, 0.3) is 0 Å². The number of benzene rings is 2. The Bertz CT molecular complexity index is 584. The molecule has 0 spiro atoms. The number of anilines is 2. The fraction of sp³-hybridized carbons (Fsp3) is 0.200. The van der Waals surface area contributed by atoms with Crippen LogP contribution in [0.5, 0.6) is 0 Å². The van der Waals surface area contributed by atoms with E-state index in [0.717, 1.165) is 21.4 Å². The summed E-state index contributed by atoms with van der Waals surface area (Å²) >= 11 is 3.54. The van der Waals surface area contributed by atoms with Crippen molar-refractivity contribution >= 4 is 27.3 Å². The van der Waals surface area contributed by atoms with Gasteiger partial charge in [0, 0.05) is 23.2 Å². The summed E-state index contributed by atoms with van der Waals surface area (Å²) in [5.74, 6) is -0.243. The smallest absolute Gasteiger partial charge is 0.125 e. The molecule has 0 aliphatic heterocycles. The zero-order chi connectivity index (χ0) is 14.0. The van der Waals surface area contributed by atoms with Crippen LogP contribution in [0.4, 0.5) is 15.8 Å². The van der Waals surface area contributed by atoms with Gasteiger partial charge in [-0.1, -0.05) is 12.1 Å². The van der Waals surface area contributed by atoms with Crippen LogP contribution in [0.25, 0.3) is 0 Å². The lowest BCUT2D eigenvalue weighted by Crippen LogP contribution is -2.11. The molecule has 2 rings (SSSR count). The number of rotatable bonds is 3. The first-order valence-electron chi connectivity index (χ1n) is 6.03. The molecule has 100 valence electrons. The van der Waals surface area contributed by atoms with Crippen molar-refractivity contribution in [2.75, 3.05) is 11.9 Å². The monoisotopic (exact) mass is 322 g/mol. The second-order valence-corrected chi connectivity index (χ2v) is 5.39. The summed E-state index contributed by atoms with van der Waals surface area (Å²) < 4.78 is 14.2. The third-order valence-electron chi connectivity index (χ3n) is 3.05. The van der Waals surface area contributed by atoms with Gasteiger partial charge in [0.15, 0.2) is 0 Å². The molecule has 0 amide bonds. The molecule has 4 heteroatoms. The molecule has 2 aromatic rings. The van der Waals surface area contributed by atoms with Gasteiger partial charge in [-0.2, -0.15) is 0 Å². The van der Waals surface area contributed by atoms with Crippen molar-refractivity contribution in [3.63, 3.8) is 0 Å². The van der Waals surface area contributed by atoms with E-state index >= 15 is 0 Å². The van der Waals surface area contributed by atoms with E-state index in [2.05, 4.69) is 15.9 Å². The van der Waals surface area contributed by atoms with Gasteiger partial charge in [0.1, 0.15) is 5.82 Å². The van der Waals surface area contributed by atoms with Crippen molar-refractivity contribution in [1.29, 1.82) is 0 Å². The second-order valence-electron chi connectivity index (χ2n) is 4.54. The number of hydrogen-bond donors (Lipinski definition) is 1. The van der Waals surface area contributed by atoms with E-state index in [1.807, 2.05) is 43.1 Å². The molecule has 0 aliphatic rings. The second kappa shape index (κ2) is 5.72. The van der Waals surface area contributed by atoms with Crippen LogP contribution in [0.2, 0.25) is 0 Å². The zero-order valence-electron chi connectivity index (χ0n) is 10.9. The first-order valence-corrected chi connectivity index (χ1v) is 6.82. The lowest BCUT2D eigenvalue weighted by Gasteiger charge is -2.22. The maximum absolute atomic E-state index is 13.3. The van der Waals surface area contributed by atoms with Crippen molar-refractivity contribution in [1.82, 2.24) is 0 Å². The first-order chi connectivity index (χ1) is 8.99. The molecule has 0 fully saturated rings. The lowest BCUT2D eigenvalue weighted by atomic mass is 10.1. The molecule has 19 heavy (non-hydrogen) atoms.